The smallest absolute Gasteiger partial charge is 0.871 e. The van der Waals surface area contributed by atoms with E-state index in [1.165, 1.54) is 25.1 Å². The number of non-ortho nitro benzene ring substituents is 1. The molecule has 0 amide bonds. The third-order valence-electron chi connectivity index (χ3n) is 7.06. The summed E-state index contributed by atoms with van der Waals surface area (Å²) in [6, 6.07) is 24.8. The summed E-state index contributed by atoms with van der Waals surface area (Å²) in [4.78, 5) is 13.7. The molecule has 0 atom stereocenters. The number of nitrogens with two attached hydrogens (primary N) is 1. The molecule has 0 heterocycles. The minimum Gasteiger partial charge on any atom is -0.871 e. The first-order valence-corrected chi connectivity index (χ1v) is 16.1. The van der Waals surface area contributed by atoms with Gasteiger partial charge in [-0.1, -0.05) is 66.1 Å². The maximum atomic E-state index is 12.3. The van der Waals surface area contributed by atoms with Gasteiger partial charge in [0.2, 0.25) is 10.0 Å². The number of hydrogen-bond donors (Lipinski definition) is 3. The van der Waals surface area contributed by atoms with E-state index in [1.807, 2.05) is 12.1 Å². The van der Waals surface area contributed by atoms with Gasteiger partial charge in [0.1, 0.15) is 22.9 Å². The maximum Gasteiger partial charge on any atom is 3.00 e. The Morgan fingerprint density at radius 2 is 1.37 bits per heavy atom. The van der Waals surface area contributed by atoms with Gasteiger partial charge >= 0.3 is 17.4 Å². The summed E-state index contributed by atoms with van der Waals surface area (Å²) in [7, 11) is -3.93. The molecular formula is C34H24CrN7O9S. The van der Waals surface area contributed by atoms with E-state index in [0.29, 0.717) is 16.2 Å². The molecule has 0 unspecified atom stereocenters. The zero-order valence-corrected chi connectivity index (χ0v) is 28.7. The van der Waals surface area contributed by atoms with Gasteiger partial charge in [-0.15, -0.1) is 10.2 Å². The molecule has 16 nitrogen and oxygen atoms in total. The number of nitro benzene ring substituents is 1. The van der Waals surface area contributed by atoms with Crippen LogP contribution in [0.3, 0.4) is 0 Å². The zero-order valence-electron chi connectivity index (χ0n) is 26.6. The summed E-state index contributed by atoms with van der Waals surface area (Å²) in [6.07, 6.45) is 0. The number of phenolic OH excluding ortho intramolecular Hbond substituents is 2. The fourth-order valence-electron chi connectivity index (χ4n) is 4.70. The number of phenols is 2. The standard InChI is InChI=1S/C18H14N4O5.C16H13N3O4S.Cr/c1-10(23)19-14-4-2-3-11-5-8-15(24)18(17(11)14)21-20-13-7-6-12(22(26)27)9-16(13)25;17-24(22,23)11-6-8-14(20)13(9-11)18-19-16-12-4-2-1-3-10(12)5-7-15(16)21;/h2-9,24-25H,1H3,(H,19,23);1-9,20-21H,(H2,17,22,23);/q;;+3/p-3. The Bertz CT molecular complexity index is 2520. The quantitative estimate of drug-likeness (QED) is 0.0562. The molecular weight excluding hydrogens is 734 g/mol. The molecule has 6 rings (SSSR count). The molecule has 261 valence electrons. The van der Waals surface area contributed by atoms with E-state index in [9.17, 15) is 44.1 Å². The molecule has 0 fully saturated rings. The van der Waals surface area contributed by atoms with Crippen LogP contribution in [0.1, 0.15) is 6.92 Å². The van der Waals surface area contributed by atoms with Crippen molar-refractivity contribution in [3.63, 3.8) is 0 Å². The molecule has 0 saturated heterocycles. The average molecular weight is 759 g/mol. The van der Waals surface area contributed by atoms with Crippen molar-refractivity contribution in [1.82, 2.24) is 0 Å². The van der Waals surface area contributed by atoms with Gasteiger partial charge in [0, 0.05) is 22.9 Å². The van der Waals surface area contributed by atoms with E-state index in [-0.39, 0.29) is 67.9 Å². The van der Waals surface area contributed by atoms with Crippen molar-refractivity contribution in [3.05, 3.63) is 113 Å². The summed E-state index contributed by atoms with van der Waals surface area (Å²) in [5.41, 5.74) is -0.194. The third kappa shape index (κ3) is 8.82. The van der Waals surface area contributed by atoms with Crippen LogP contribution in [-0.2, 0) is 27.4 Å². The first kappa shape index (κ1) is 38.4. The number of rotatable bonds is 7. The van der Waals surface area contributed by atoms with Gasteiger partial charge in [-0.3, -0.25) is 15.1 Å². The monoisotopic (exact) mass is 758 g/mol. The summed E-state index contributed by atoms with van der Waals surface area (Å²) in [5, 5.41) is 89.1. The van der Waals surface area contributed by atoms with E-state index in [2.05, 4.69) is 25.4 Å². The van der Waals surface area contributed by atoms with Crippen LogP contribution in [0, 0.1) is 10.1 Å². The number of nitrogens with zero attached hydrogens (tertiary/aromatic N) is 6. The Morgan fingerprint density at radius 1 is 0.712 bits per heavy atom. The fraction of sp³-hybridized carbons (Fsp3) is 0.0294. The largest absolute Gasteiger partial charge is 3.00 e. The molecule has 0 spiro atoms. The van der Waals surface area contributed by atoms with Gasteiger partial charge in [0.25, 0.3) is 5.69 Å². The Hall–Kier alpha value is -6.45. The van der Waals surface area contributed by atoms with Gasteiger partial charge < -0.3 is 25.5 Å². The second-order valence-corrected chi connectivity index (χ2v) is 12.1. The van der Waals surface area contributed by atoms with Gasteiger partial charge in [-0.25, -0.2) is 13.6 Å². The van der Waals surface area contributed by atoms with E-state index in [1.54, 1.807) is 42.5 Å². The first-order chi connectivity index (χ1) is 24.2. The van der Waals surface area contributed by atoms with Crippen LogP contribution in [0.2, 0.25) is 0 Å². The van der Waals surface area contributed by atoms with Crippen LogP contribution in [0.15, 0.2) is 133 Å². The Kier molecular flexibility index (Phi) is 11.8. The molecule has 52 heavy (non-hydrogen) atoms. The van der Waals surface area contributed by atoms with Crippen molar-refractivity contribution in [2.24, 2.45) is 30.6 Å². The first-order valence-electron chi connectivity index (χ1n) is 14.5. The molecule has 1 radical (unpaired) electrons. The van der Waals surface area contributed by atoms with Gasteiger partial charge in [-0.05, 0) is 60.0 Å². The Balaban J connectivity index is 0.000000230. The molecule has 0 aromatic heterocycles. The Morgan fingerprint density at radius 3 is 2.06 bits per heavy atom. The number of sulfonamides is 1. The van der Waals surface area contributed by atoms with Crippen LogP contribution in [0.4, 0.5) is 34.1 Å². The van der Waals surface area contributed by atoms with Gasteiger partial charge in [0.15, 0.2) is 0 Å². The molecule has 4 N–H and O–H groups in total. The van der Waals surface area contributed by atoms with Crippen molar-refractivity contribution in [2.45, 2.75) is 11.8 Å². The number of aromatic hydroxyl groups is 2. The fourth-order valence-corrected chi connectivity index (χ4v) is 5.23. The molecule has 0 aliphatic carbocycles. The number of azo groups is 2. The van der Waals surface area contributed by atoms with E-state index >= 15 is 0 Å². The van der Waals surface area contributed by atoms with Crippen molar-refractivity contribution in [2.75, 3.05) is 0 Å². The molecule has 6 aromatic rings. The van der Waals surface area contributed by atoms with Crippen LogP contribution in [0.5, 0.6) is 23.0 Å². The minimum atomic E-state index is -3.93. The summed E-state index contributed by atoms with van der Waals surface area (Å²) >= 11 is 0. The van der Waals surface area contributed by atoms with E-state index in [0.717, 1.165) is 35.7 Å². The predicted molar refractivity (Wildman–Crippen MR) is 182 cm³/mol. The van der Waals surface area contributed by atoms with Crippen molar-refractivity contribution in [1.29, 1.82) is 0 Å². The molecule has 0 bridgehead atoms. The van der Waals surface area contributed by atoms with Crippen molar-refractivity contribution in [3.8, 4) is 23.0 Å². The van der Waals surface area contributed by atoms with Gasteiger partial charge in [-0.2, -0.15) is 10.2 Å². The Labute approximate surface area is 305 Å². The van der Waals surface area contributed by atoms with E-state index in [4.69, 9.17) is 5.14 Å². The molecule has 0 saturated carbocycles. The number of fused-ring (bicyclic) bond motifs is 2. The van der Waals surface area contributed by atoms with Gasteiger partial charge in [0.05, 0.1) is 26.9 Å². The average Bonchev–Trinajstić information content (AvgIpc) is 3.08. The van der Waals surface area contributed by atoms with Crippen LogP contribution < -0.4 is 20.5 Å². The molecule has 0 aliphatic rings. The SMILES string of the molecule is CC([O-])=Nc1cccc2ccc([O-])c(N=Nc3ccc([N+](=O)[O-])cc3[O-])c12.NS(=O)(=O)c1ccc(O)c(N=Nc2c(O)ccc3ccccc23)c1.[Cr+3]. The molecule has 6 aromatic carbocycles. The third-order valence-corrected chi connectivity index (χ3v) is 7.97. The molecule has 0 aliphatic heterocycles. The summed E-state index contributed by atoms with van der Waals surface area (Å²) in [5.74, 6) is -1.95. The second-order valence-electron chi connectivity index (χ2n) is 10.6. The number of hydrogen-bond acceptors (Lipinski definition) is 14. The van der Waals surface area contributed by atoms with Crippen LogP contribution in [0.25, 0.3) is 21.5 Å². The maximum absolute atomic E-state index is 12.3. The zero-order chi connectivity index (χ0) is 36.9. The van der Waals surface area contributed by atoms with E-state index < -0.39 is 32.3 Å². The topological polar surface area (TPSA) is 275 Å². The van der Waals surface area contributed by atoms with Crippen LogP contribution in [-0.4, -0.2) is 29.5 Å². The number of benzene rings is 6. The number of primary sulfonamides is 1. The predicted octanol–water partition coefficient (Wildman–Crippen LogP) is 6.03. The van der Waals surface area contributed by atoms with Crippen molar-refractivity contribution < 1.29 is 56.2 Å². The molecule has 18 heteroatoms. The summed E-state index contributed by atoms with van der Waals surface area (Å²) < 4.78 is 22.8. The van der Waals surface area contributed by atoms with Crippen LogP contribution >= 0.6 is 0 Å². The minimum absolute atomic E-state index is 0. The van der Waals surface area contributed by atoms with Crippen molar-refractivity contribution >= 4 is 71.6 Å². The number of aliphatic imine (C=N–C) groups is 1. The summed E-state index contributed by atoms with van der Waals surface area (Å²) in [6.45, 7) is 1.28. The second kappa shape index (κ2) is 16.1. The number of nitro groups is 1. The normalized spacial score (nSPS) is 11.8.